The monoisotopic (exact) mass is 312 g/mol. The van der Waals surface area contributed by atoms with E-state index in [1.54, 1.807) is 28.6 Å². The first-order chi connectivity index (χ1) is 9.90. The molecule has 1 saturated heterocycles. The average molecular weight is 312 g/mol. The van der Waals surface area contributed by atoms with Gasteiger partial charge in [-0.15, -0.1) is 0 Å². The number of sulfonamides is 1. The third-order valence-electron chi connectivity index (χ3n) is 3.90. The van der Waals surface area contributed by atoms with Gasteiger partial charge in [-0.2, -0.15) is 4.31 Å². The molecule has 21 heavy (non-hydrogen) atoms. The predicted octanol–water partition coefficient (Wildman–Crippen LogP) is 2.24. The van der Waals surface area contributed by atoms with Crippen LogP contribution in [0.4, 0.5) is 5.69 Å². The summed E-state index contributed by atoms with van der Waals surface area (Å²) in [5, 5.41) is 0. The molecule has 1 aromatic rings. The van der Waals surface area contributed by atoms with Gasteiger partial charge in [-0.25, -0.2) is 8.42 Å². The summed E-state index contributed by atoms with van der Waals surface area (Å²) in [6.07, 6.45) is 2.95. The van der Waals surface area contributed by atoms with E-state index < -0.39 is 10.0 Å². The molecule has 1 aliphatic heterocycles. The molecule has 2 atom stereocenters. The van der Waals surface area contributed by atoms with E-state index in [-0.39, 0.29) is 24.4 Å². The van der Waals surface area contributed by atoms with Crippen molar-refractivity contribution < 1.29 is 13.2 Å². The molecule has 0 amide bonds. The highest BCUT2D eigenvalue weighted by Crippen LogP contribution is 2.26. The summed E-state index contributed by atoms with van der Waals surface area (Å²) in [5.74, 6) is 0.598. The predicted molar refractivity (Wildman–Crippen MR) is 84.8 cm³/mol. The summed E-state index contributed by atoms with van der Waals surface area (Å²) in [6, 6.07) is 7.17. The van der Waals surface area contributed by atoms with Crippen molar-refractivity contribution in [3.63, 3.8) is 0 Å². The van der Waals surface area contributed by atoms with Crippen LogP contribution in [0, 0.1) is 0 Å². The molecule has 1 heterocycles. The third-order valence-corrected chi connectivity index (χ3v) is 5.95. The number of nitrogen functional groups attached to an aromatic ring is 1. The number of benzene rings is 1. The van der Waals surface area contributed by atoms with Crippen LogP contribution in [0.1, 0.15) is 33.1 Å². The fourth-order valence-electron chi connectivity index (χ4n) is 2.92. The number of piperidine rings is 1. The van der Waals surface area contributed by atoms with Crippen molar-refractivity contribution in [3.05, 3.63) is 24.3 Å². The minimum atomic E-state index is -3.28. The van der Waals surface area contributed by atoms with Crippen molar-refractivity contribution in [3.8, 4) is 5.75 Å². The van der Waals surface area contributed by atoms with E-state index in [0.29, 0.717) is 11.4 Å². The normalized spacial score (nSPS) is 23.9. The van der Waals surface area contributed by atoms with Crippen molar-refractivity contribution >= 4 is 15.7 Å². The van der Waals surface area contributed by atoms with Crippen LogP contribution in [0.3, 0.4) is 0 Å². The molecule has 6 heteroatoms. The average Bonchev–Trinajstić information content (AvgIpc) is 2.38. The SMILES string of the molecule is C[C@@H]1CCC[C@H](C)N1S(=O)(=O)CCOc1cccc(N)c1. The lowest BCUT2D eigenvalue weighted by molar-refractivity contribution is 0.202. The number of nitrogens with two attached hydrogens (primary N) is 1. The number of anilines is 1. The van der Waals surface area contributed by atoms with Crippen LogP contribution in [-0.4, -0.2) is 37.2 Å². The molecular weight excluding hydrogens is 288 g/mol. The van der Waals surface area contributed by atoms with Gasteiger partial charge in [0.25, 0.3) is 0 Å². The molecule has 0 aliphatic carbocycles. The van der Waals surface area contributed by atoms with Crippen LogP contribution in [-0.2, 0) is 10.0 Å². The Hall–Kier alpha value is -1.27. The number of hydrogen-bond acceptors (Lipinski definition) is 4. The summed E-state index contributed by atoms with van der Waals surface area (Å²) in [6.45, 7) is 4.10. The summed E-state index contributed by atoms with van der Waals surface area (Å²) >= 11 is 0. The maximum Gasteiger partial charge on any atom is 0.217 e. The van der Waals surface area contributed by atoms with Gasteiger partial charge >= 0.3 is 0 Å². The minimum Gasteiger partial charge on any atom is -0.492 e. The highest BCUT2D eigenvalue weighted by Gasteiger charge is 2.34. The van der Waals surface area contributed by atoms with E-state index in [0.717, 1.165) is 19.3 Å². The maximum absolute atomic E-state index is 12.5. The van der Waals surface area contributed by atoms with Crippen molar-refractivity contribution in [1.29, 1.82) is 0 Å². The fraction of sp³-hybridized carbons (Fsp3) is 0.600. The van der Waals surface area contributed by atoms with Gasteiger partial charge < -0.3 is 10.5 Å². The Balaban J connectivity index is 1.94. The Kier molecular flexibility index (Phi) is 5.11. The van der Waals surface area contributed by atoms with Gasteiger partial charge in [0.2, 0.25) is 10.0 Å². The fourth-order valence-corrected chi connectivity index (χ4v) is 4.73. The van der Waals surface area contributed by atoms with Crippen molar-refractivity contribution in [1.82, 2.24) is 4.31 Å². The first-order valence-electron chi connectivity index (χ1n) is 7.40. The molecule has 0 saturated carbocycles. The number of rotatable bonds is 5. The lowest BCUT2D eigenvalue weighted by atomic mass is 10.0. The molecule has 0 bridgehead atoms. The van der Waals surface area contributed by atoms with E-state index in [2.05, 4.69) is 0 Å². The Morgan fingerprint density at radius 1 is 1.29 bits per heavy atom. The second-order valence-electron chi connectivity index (χ2n) is 5.70. The van der Waals surface area contributed by atoms with Crippen LogP contribution < -0.4 is 10.5 Å². The molecule has 0 radical (unpaired) electrons. The molecule has 0 spiro atoms. The minimum absolute atomic E-state index is 0.00349. The van der Waals surface area contributed by atoms with Crippen molar-refractivity contribution in [2.45, 2.75) is 45.2 Å². The van der Waals surface area contributed by atoms with Crippen LogP contribution in [0.2, 0.25) is 0 Å². The van der Waals surface area contributed by atoms with Gasteiger partial charge in [-0.05, 0) is 38.8 Å². The lowest BCUT2D eigenvalue weighted by Crippen LogP contribution is -2.48. The Labute approximate surface area is 127 Å². The third kappa shape index (κ3) is 4.11. The molecule has 1 aliphatic rings. The van der Waals surface area contributed by atoms with E-state index in [1.807, 2.05) is 13.8 Å². The number of nitrogens with zero attached hydrogens (tertiary/aromatic N) is 1. The van der Waals surface area contributed by atoms with E-state index >= 15 is 0 Å². The molecule has 0 aromatic heterocycles. The largest absolute Gasteiger partial charge is 0.492 e. The van der Waals surface area contributed by atoms with Gasteiger partial charge in [0.05, 0.1) is 5.75 Å². The van der Waals surface area contributed by atoms with Crippen LogP contribution >= 0.6 is 0 Å². The van der Waals surface area contributed by atoms with Gasteiger partial charge in [-0.3, -0.25) is 0 Å². The number of hydrogen-bond donors (Lipinski definition) is 1. The van der Waals surface area contributed by atoms with Gasteiger partial charge in [0.1, 0.15) is 12.4 Å². The zero-order valence-electron chi connectivity index (χ0n) is 12.7. The Morgan fingerprint density at radius 2 is 1.95 bits per heavy atom. The zero-order chi connectivity index (χ0) is 15.5. The van der Waals surface area contributed by atoms with Gasteiger partial charge in [0.15, 0.2) is 0 Å². The van der Waals surface area contributed by atoms with E-state index in [1.165, 1.54) is 0 Å². The van der Waals surface area contributed by atoms with E-state index in [4.69, 9.17) is 10.5 Å². The second kappa shape index (κ2) is 6.66. The highest BCUT2D eigenvalue weighted by molar-refractivity contribution is 7.89. The summed E-state index contributed by atoms with van der Waals surface area (Å²) in [5.41, 5.74) is 6.27. The highest BCUT2D eigenvalue weighted by atomic mass is 32.2. The van der Waals surface area contributed by atoms with Crippen LogP contribution in [0.25, 0.3) is 0 Å². The quantitative estimate of drug-likeness (QED) is 0.846. The molecule has 5 nitrogen and oxygen atoms in total. The summed E-state index contributed by atoms with van der Waals surface area (Å²) < 4.78 is 32.1. The Bertz CT molecular complexity index is 564. The molecule has 2 N–H and O–H groups in total. The second-order valence-corrected chi connectivity index (χ2v) is 7.69. The van der Waals surface area contributed by atoms with Crippen molar-refractivity contribution in [2.75, 3.05) is 18.1 Å². The first kappa shape index (κ1) is 16.1. The molecule has 118 valence electrons. The molecule has 2 rings (SSSR count). The van der Waals surface area contributed by atoms with Crippen LogP contribution in [0.15, 0.2) is 24.3 Å². The molecular formula is C15H24N2O3S. The smallest absolute Gasteiger partial charge is 0.217 e. The van der Waals surface area contributed by atoms with Crippen LogP contribution in [0.5, 0.6) is 5.75 Å². The summed E-state index contributed by atoms with van der Waals surface area (Å²) in [7, 11) is -3.28. The van der Waals surface area contributed by atoms with Gasteiger partial charge in [0, 0.05) is 23.8 Å². The zero-order valence-corrected chi connectivity index (χ0v) is 13.5. The maximum atomic E-state index is 12.5. The Morgan fingerprint density at radius 3 is 2.57 bits per heavy atom. The first-order valence-corrected chi connectivity index (χ1v) is 9.00. The van der Waals surface area contributed by atoms with Gasteiger partial charge in [-0.1, -0.05) is 12.5 Å². The standard InChI is InChI=1S/C15H24N2O3S/c1-12-5-3-6-13(2)17(12)21(18,19)10-9-20-15-8-4-7-14(16)11-15/h4,7-8,11-13H,3,5-6,9-10,16H2,1-2H3/t12-,13+. The molecule has 0 unspecified atom stereocenters. The van der Waals surface area contributed by atoms with E-state index in [9.17, 15) is 8.42 Å². The summed E-state index contributed by atoms with van der Waals surface area (Å²) in [4.78, 5) is 0. The lowest BCUT2D eigenvalue weighted by Gasteiger charge is -2.37. The van der Waals surface area contributed by atoms with Crippen molar-refractivity contribution in [2.24, 2.45) is 0 Å². The topological polar surface area (TPSA) is 72.6 Å². The number of ether oxygens (including phenoxy) is 1. The molecule has 1 fully saturated rings. The molecule has 1 aromatic carbocycles.